The van der Waals surface area contributed by atoms with Crippen molar-refractivity contribution < 1.29 is 4.39 Å². The molecule has 0 fully saturated rings. The van der Waals surface area contributed by atoms with Gasteiger partial charge in [0.1, 0.15) is 5.82 Å². The van der Waals surface area contributed by atoms with Crippen LogP contribution in [0.3, 0.4) is 0 Å². The number of halogens is 1. The summed E-state index contributed by atoms with van der Waals surface area (Å²) in [6, 6.07) is 13.4. The van der Waals surface area contributed by atoms with E-state index in [1.165, 1.54) is 11.6 Å². The second-order valence-corrected chi connectivity index (χ2v) is 4.47. The van der Waals surface area contributed by atoms with Gasteiger partial charge in [-0.05, 0) is 30.2 Å². The van der Waals surface area contributed by atoms with Crippen molar-refractivity contribution in [2.75, 3.05) is 11.4 Å². The monoisotopic (exact) mass is 242 g/mol. The maximum Gasteiger partial charge on any atom is 0.129 e. The molecule has 0 aromatic heterocycles. The number of para-hydroxylation sites is 1. The Bertz CT molecular complexity index is 580. The summed E-state index contributed by atoms with van der Waals surface area (Å²) in [6.45, 7) is 1.11. The van der Waals surface area contributed by atoms with E-state index < -0.39 is 0 Å². The molecule has 2 aromatic carbocycles. The van der Waals surface area contributed by atoms with Crippen molar-refractivity contribution in [1.82, 2.24) is 0 Å². The molecular weight excluding hydrogens is 227 g/mol. The lowest BCUT2D eigenvalue weighted by Gasteiger charge is -2.22. The molecule has 0 unspecified atom stereocenters. The number of fused-ring (bicyclic) bond motifs is 1. The van der Waals surface area contributed by atoms with Crippen LogP contribution in [-0.4, -0.2) is 6.54 Å². The summed E-state index contributed by atoms with van der Waals surface area (Å²) >= 11 is 0. The van der Waals surface area contributed by atoms with Crippen LogP contribution in [0.4, 0.5) is 15.8 Å². The van der Waals surface area contributed by atoms with Crippen molar-refractivity contribution in [2.45, 2.75) is 13.0 Å². The fourth-order valence-electron chi connectivity index (χ4n) is 2.59. The first-order valence-electron chi connectivity index (χ1n) is 6.14. The number of anilines is 2. The van der Waals surface area contributed by atoms with Crippen LogP contribution in [0.2, 0.25) is 0 Å². The summed E-state index contributed by atoms with van der Waals surface area (Å²) in [6.07, 6.45) is 0.997. The zero-order valence-electron chi connectivity index (χ0n) is 10.1. The molecule has 18 heavy (non-hydrogen) atoms. The van der Waals surface area contributed by atoms with E-state index in [0.717, 1.165) is 24.3 Å². The van der Waals surface area contributed by atoms with Gasteiger partial charge in [0.05, 0.1) is 0 Å². The normalized spacial score (nSPS) is 13.8. The molecule has 0 radical (unpaired) electrons. The molecular formula is C15H15FN2. The maximum atomic E-state index is 13.8. The van der Waals surface area contributed by atoms with Crippen molar-refractivity contribution in [2.24, 2.45) is 5.73 Å². The zero-order valence-corrected chi connectivity index (χ0v) is 10.1. The molecule has 1 heterocycles. The Morgan fingerprint density at radius 2 is 1.83 bits per heavy atom. The van der Waals surface area contributed by atoms with Gasteiger partial charge in [0.2, 0.25) is 0 Å². The van der Waals surface area contributed by atoms with Crippen molar-refractivity contribution >= 4 is 11.4 Å². The molecule has 3 heteroatoms. The van der Waals surface area contributed by atoms with Crippen molar-refractivity contribution in [3.8, 4) is 0 Å². The molecule has 0 saturated heterocycles. The molecule has 0 saturated carbocycles. The van der Waals surface area contributed by atoms with E-state index in [9.17, 15) is 4.39 Å². The predicted molar refractivity (Wildman–Crippen MR) is 71.4 cm³/mol. The highest BCUT2D eigenvalue weighted by atomic mass is 19.1. The lowest BCUT2D eigenvalue weighted by Crippen LogP contribution is -2.17. The van der Waals surface area contributed by atoms with Crippen LogP contribution in [0.15, 0.2) is 42.5 Å². The van der Waals surface area contributed by atoms with Crippen LogP contribution in [0.25, 0.3) is 0 Å². The summed E-state index contributed by atoms with van der Waals surface area (Å²) in [4.78, 5) is 2.15. The lowest BCUT2D eigenvalue weighted by molar-refractivity contribution is 0.610. The van der Waals surface area contributed by atoms with E-state index in [4.69, 9.17) is 5.73 Å². The number of nitrogens with two attached hydrogens (primary N) is 1. The molecule has 0 amide bonds. The van der Waals surface area contributed by atoms with Gasteiger partial charge >= 0.3 is 0 Å². The van der Waals surface area contributed by atoms with Gasteiger partial charge in [0.15, 0.2) is 0 Å². The van der Waals surface area contributed by atoms with Crippen molar-refractivity contribution in [1.29, 1.82) is 0 Å². The quantitative estimate of drug-likeness (QED) is 0.877. The van der Waals surface area contributed by atoms with Crippen molar-refractivity contribution in [3.63, 3.8) is 0 Å². The zero-order chi connectivity index (χ0) is 12.5. The number of benzene rings is 2. The Labute approximate surface area is 106 Å². The van der Waals surface area contributed by atoms with Crippen molar-refractivity contribution in [3.05, 3.63) is 59.4 Å². The Balaban J connectivity index is 2.10. The summed E-state index contributed by atoms with van der Waals surface area (Å²) in [5.74, 6) is -0.223. The second kappa shape index (κ2) is 4.42. The smallest absolute Gasteiger partial charge is 0.129 e. The van der Waals surface area contributed by atoms with Crippen LogP contribution in [0.1, 0.15) is 11.1 Å². The topological polar surface area (TPSA) is 29.3 Å². The summed E-state index contributed by atoms with van der Waals surface area (Å²) < 4.78 is 13.8. The number of rotatable bonds is 2. The average molecular weight is 242 g/mol. The molecule has 0 atom stereocenters. The van der Waals surface area contributed by atoms with Gasteiger partial charge in [-0.25, -0.2) is 4.39 Å². The van der Waals surface area contributed by atoms with Crippen LogP contribution in [0, 0.1) is 5.82 Å². The molecule has 2 nitrogen and oxygen atoms in total. The summed E-state index contributed by atoms with van der Waals surface area (Å²) in [5, 5.41) is 0. The Kier molecular flexibility index (Phi) is 2.76. The molecule has 92 valence electrons. The average Bonchev–Trinajstić information content (AvgIpc) is 2.82. The highest BCUT2D eigenvalue weighted by molar-refractivity contribution is 5.72. The van der Waals surface area contributed by atoms with Gasteiger partial charge in [-0.3, -0.25) is 0 Å². The van der Waals surface area contributed by atoms with E-state index in [-0.39, 0.29) is 12.4 Å². The number of hydrogen-bond donors (Lipinski definition) is 1. The van der Waals surface area contributed by atoms with Gasteiger partial charge in [-0.1, -0.05) is 24.3 Å². The van der Waals surface area contributed by atoms with Gasteiger partial charge in [0.25, 0.3) is 0 Å². The fourth-order valence-corrected chi connectivity index (χ4v) is 2.59. The first kappa shape index (κ1) is 11.2. The summed E-state index contributed by atoms with van der Waals surface area (Å²) in [7, 11) is 0. The third kappa shape index (κ3) is 1.68. The lowest BCUT2D eigenvalue weighted by atomic mass is 10.1. The Morgan fingerprint density at radius 3 is 2.67 bits per heavy atom. The highest BCUT2D eigenvalue weighted by Gasteiger charge is 2.22. The molecule has 0 spiro atoms. The van der Waals surface area contributed by atoms with Gasteiger partial charge in [-0.15, -0.1) is 0 Å². The maximum absolute atomic E-state index is 13.8. The largest absolute Gasteiger partial charge is 0.341 e. The van der Waals surface area contributed by atoms with Crippen LogP contribution < -0.4 is 10.6 Å². The third-order valence-electron chi connectivity index (χ3n) is 3.48. The minimum Gasteiger partial charge on any atom is -0.341 e. The van der Waals surface area contributed by atoms with Crippen LogP contribution in [0.5, 0.6) is 0 Å². The molecule has 1 aliphatic heterocycles. The molecule has 1 aliphatic rings. The fraction of sp³-hybridized carbons (Fsp3) is 0.200. The second-order valence-electron chi connectivity index (χ2n) is 4.47. The van der Waals surface area contributed by atoms with E-state index in [0.29, 0.717) is 5.56 Å². The number of hydrogen-bond acceptors (Lipinski definition) is 2. The summed E-state index contributed by atoms with van der Waals surface area (Å²) in [5.41, 5.74) is 9.63. The molecule has 2 N–H and O–H groups in total. The first-order valence-corrected chi connectivity index (χ1v) is 6.14. The van der Waals surface area contributed by atoms with E-state index in [1.54, 1.807) is 6.07 Å². The first-order chi connectivity index (χ1) is 8.81. The Hall–Kier alpha value is -1.87. The van der Waals surface area contributed by atoms with E-state index in [1.807, 2.05) is 18.2 Å². The molecule has 0 bridgehead atoms. The van der Waals surface area contributed by atoms with E-state index >= 15 is 0 Å². The van der Waals surface area contributed by atoms with Gasteiger partial charge in [0, 0.05) is 30.0 Å². The Morgan fingerprint density at radius 1 is 1.06 bits per heavy atom. The van der Waals surface area contributed by atoms with Gasteiger partial charge in [-0.2, -0.15) is 0 Å². The van der Waals surface area contributed by atoms with Crippen LogP contribution >= 0.6 is 0 Å². The number of nitrogens with zero attached hydrogens (tertiary/aromatic N) is 1. The third-order valence-corrected chi connectivity index (χ3v) is 3.48. The minimum atomic E-state index is -0.223. The molecule has 2 aromatic rings. The SMILES string of the molecule is NCc1c(F)cccc1N1CCc2ccccc21. The molecule has 0 aliphatic carbocycles. The predicted octanol–water partition coefficient (Wildman–Crippen LogP) is 2.98. The molecule has 3 rings (SSSR count). The minimum absolute atomic E-state index is 0.223. The highest BCUT2D eigenvalue weighted by Crippen LogP contribution is 2.36. The standard InChI is InChI=1S/C15H15FN2/c16-13-5-3-7-15(12(13)10-17)18-9-8-11-4-1-2-6-14(11)18/h1-7H,8-10,17H2. The van der Waals surface area contributed by atoms with Crippen LogP contribution in [-0.2, 0) is 13.0 Å². The van der Waals surface area contributed by atoms with Gasteiger partial charge < -0.3 is 10.6 Å². The van der Waals surface area contributed by atoms with E-state index in [2.05, 4.69) is 17.0 Å².